The molecule has 1 aromatic rings. The van der Waals surface area contributed by atoms with Crippen LogP contribution in [-0.2, 0) is 16.4 Å². The van der Waals surface area contributed by atoms with Crippen molar-refractivity contribution in [1.82, 2.24) is 5.32 Å². The van der Waals surface area contributed by atoms with Crippen LogP contribution in [0, 0.1) is 0 Å². The van der Waals surface area contributed by atoms with Gasteiger partial charge >= 0.3 is 0 Å². The minimum absolute atomic E-state index is 0.0298. The van der Waals surface area contributed by atoms with Crippen LogP contribution < -0.4 is 5.32 Å². The molecular formula is C11H15Cl2NO3S. The van der Waals surface area contributed by atoms with Gasteiger partial charge in [-0.2, -0.15) is 0 Å². The predicted molar refractivity (Wildman–Crippen MR) is 74.1 cm³/mol. The van der Waals surface area contributed by atoms with E-state index >= 15 is 0 Å². The van der Waals surface area contributed by atoms with Crippen molar-refractivity contribution in [3.63, 3.8) is 0 Å². The summed E-state index contributed by atoms with van der Waals surface area (Å²) in [6, 6.07) is 2.81. The monoisotopic (exact) mass is 311 g/mol. The molecule has 102 valence electrons. The molecule has 0 amide bonds. The summed E-state index contributed by atoms with van der Waals surface area (Å²) in [5.41, 5.74) is 0.535. The molecule has 4 nitrogen and oxygen atoms in total. The zero-order valence-corrected chi connectivity index (χ0v) is 12.4. The maximum absolute atomic E-state index is 11.1. The number of phenols is 1. The van der Waals surface area contributed by atoms with Gasteiger partial charge in [-0.25, -0.2) is 8.42 Å². The van der Waals surface area contributed by atoms with E-state index < -0.39 is 9.84 Å². The Morgan fingerprint density at radius 2 is 2.00 bits per heavy atom. The maximum Gasteiger partial charge on any atom is 0.148 e. The Balaban J connectivity index is 2.69. The molecule has 0 aliphatic carbocycles. The smallest absolute Gasteiger partial charge is 0.148 e. The third-order valence-electron chi connectivity index (χ3n) is 2.30. The fraction of sp³-hybridized carbons (Fsp3) is 0.455. The van der Waals surface area contributed by atoms with Crippen LogP contribution in [0.15, 0.2) is 12.1 Å². The molecule has 0 saturated heterocycles. The number of phenolic OH excluding ortho intramolecular Hbond substituents is 1. The van der Waals surface area contributed by atoms with Crippen LogP contribution in [0.5, 0.6) is 5.75 Å². The first-order valence-corrected chi connectivity index (χ1v) is 8.08. The molecule has 0 aliphatic rings. The molecule has 0 heterocycles. The second-order valence-electron chi connectivity index (χ2n) is 4.27. The van der Waals surface area contributed by atoms with Gasteiger partial charge in [0, 0.05) is 29.4 Å². The molecule has 0 radical (unpaired) electrons. The molecule has 7 heteroatoms. The number of halogens is 2. The highest BCUT2D eigenvalue weighted by molar-refractivity contribution is 7.90. The van der Waals surface area contributed by atoms with Gasteiger partial charge in [0.15, 0.2) is 0 Å². The highest BCUT2D eigenvalue weighted by Crippen LogP contribution is 2.30. The molecular weight excluding hydrogens is 297 g/mol. The number of hydrogen-bond acceptors (Lipinski definition) is 4. The van der Waals surface area contributed by atoms with E-state index in [0.29, 0.717) is 17.1 Å². The molecule has 0 aromatic heterocycles. The van der Waals surface area contributed by atoms with Gasteiger partial charge in [0.25, 0.3) is 0 Å². The summed E-state index contributed by atoms with van der Waals surface area (Å²) < 4.78 is 22.2. The van der Waals surface area contributed by atoms with Crippen molar-refractivity contribution in [2.75, 3.05) is 12.0 Å². The van der Waals surface area contributed by atoms with E-state index in [9.17, 15) is 13.5 Å². The minimum atomic E-state index is -3.03. The molecule has 0 bridgehead atoms. The Morgan fingerprint density at radius 1 is 1.39 bits per heavy atom. The number of sulfone groups is 1. The number of aromatic hydroxyl groups is 1. The van der Waals surface area contributed by atoms with Crippen molar-refractivity contribution in [2.45, 2.75) is 19.5 Å². The summed E-state index contributed by atoms with van der Waals surface area (Å²) in [5.74, 6) is -0.0117. The van der Waals surface area contributed by atoms with Gasteiger partial charge in [0.1, 0.15) is 15.6 Å². The average molecular weight is 312 g/mol. The van der Waals surface area contributed by atoms with Crippen molar-refractivity contribution in [3.05, 3.63) is 27.7 Å². The standard InChI is InChI=1S/C11H15Cl2NO3S/c1-7(6-18(2,16)17)14-5-8-3-9(12)4-10(13)11(8)15/h3-4,7,14-15H,5-6H2,1-2H3. The van der Waals surface area contributed by atoms with Crippen molar-refractivity contribution < 1.29 is 13.5 Å². The van der Waals surface area contributed by atoms with Crippen LogP contribution in [0.25, 0.3) is 0 Å². The normalized spacial score (nSPS) is 13.6. The van der Waals surface area contributed by atoms with Gasteiger partial charge in [-0.15, -0.1) is 0 Å². The van der Waals surface area contributed by atoms with Crippen LogP contribution in [0.2, 0.25) is 10.0 Å². The maximum atomic E-state index is 11.1. The Hall–Kier alpha value is -0.490. The second kappa shape index (κ2) is 6.10. The quantitative estimate of drug-likeness (QED) is 0.875. The van der Waals surface area contributed by atoms with E-state index in [1.165, 1.54) is 12.3 Å². The summed E-state index contributed by atoms with van der Waals surface area (Å²) in [5, 5.41) is 13.3. The Morgan fingerprint density at radius 3 is 2.56 bits per heavy atom. The zero-order valence-electron chi connectivity index (χ0n) is 10.1. The number of hydrogen-bond donors (Lipinski definition) is 2. The first-order chi connectivity index (χ1) is 8.19. The van der Waals surface area contributed by atoms with Gasteiger partial charge in [0.2, 0.25) is 0 Å². The largest absolute Gasteiger partial charge is 0.506 e. The van der Waals surface area contributed by atoms with Crippen LogP contribution in [0.3, 0.4) is 0 Å². The molecule has 0 saturated carbocycles. The first-order valence-electron chi connectivity index (χ1n) is 5.27. The summed E-state index contributed by atoms with van der Waals surface area (Å²) in [6.07, 6.45) is 1.18. The van der Waals surface area contributed by atoms with Crippen LogP contribution in [-0.4, -0.2) is 31.6 Å². The highest BCUT2D eigenvalue weighted by atomic mass is 35.5. The molecule has 18 heavy (non-hydrogen) atoms. The molecule has 1 aromatic carbocycles. The van der Waals surface area contributed by atoms with Gasteiger partial charge < -0.3 is 10.4 Å². The Bertz CT molecular complexity index is 531. The number of nitrogens with one attached hydrogen (secondary N) is 1. The molecule has 1 atom stereocenters. The second-order valence-corrected chi connectivity index (χ2v) is 7.30. The lowest BCUT2D eigenvalue weighted by Gasteiger charge is -2.14. The van der Waals surface area contributed by atoms with Crippen molar-refractivity contribution in [3.8, 4) is 5.75 Å². The minimum Gasteiger partial charge on any atom is -0.506 e. The molecule has 0 fully saturated rings. The summed E-state index contributed by atoms with van der Waals surface area (Å²) in [4.78, 5) is 0. The fourth-order valence-electron chi connectivity index (χ4n) is 1.55. The van der Waals surface area contributed by atoms with Gasteiger partial charge in [-0.1, -0.05) is 23.2 Å². The van der Waals surface area contributed by atoms with Crippen molar-refractivity contribution in [2.24, 2.45) is 0 Å². The van der Waals surface area contributed by atoms with Crippen LogP contribution >= 0.6 is 23.2 Å². The van der Waals surface area contributed by atoms with Crippen LogP contribution in [0.4, 0.5) is 0 Å². The number of benzene rings is 1. The van der Waals surface area contributed by atoms with Gasteiger partial charge in [-0.3, -0.25) is 0 Å². The Labute approximate surface area is 117 Å². The third kappa shape index (κ3) is 5.02. The lowest BCUT2D eigenvalue weighted by atomic mass is 10.2. The van der Waals surface area contributed by atoms with E-state index in [-0.39, 0.29) is 22.6 Å². The fourth-order valence-corrected chi connectivity index (χ4v) is 3.11. The van der Waals surface area contributed by atoms with Crippen LogP contribution in [0.1, 0.15) is 12.5 Å². The summed E-state index contributed by atoms with van der Waals surface area (Å²) >= 11 is 11.6. The van der Waals surface area contributed by atoms with Gasteiger partial charge in [0.05, 0.1) is 10.8 Å². The number of rotatable bonds is 5. The van der Waals surface area contributed by atoms with E-state index in [4.69, 9.17) is 23.2 Å². The molecule has 0 aliphatic heterocycles. The predicted octanol–water partition coefficient (Wildman–Crippen LogP) is 2.22. The zero-order chi connectivity index (χ0) is 13.9. The lowest BCUT2D eigenvalue weighted by Crippen LogP contribution is -2.32. The van der Waals surface area contributed by atoms with E-state index in [1.807, 2.05) is 0 Å². The molecule has 1 rings (SSSR count). The summed E-state index contributed by atoms with van der Waals surface area (Å²) in [7, 11) is -3.03. The molecule has 0 spiro atoms. The summed E-state index contributed by atoms with van der Waals surface area (Å²) in [6.45, 7) is 2.05. The third-order valence-corrected chi connectivity index (χ3v) is 3.91. The molecule has 1 unspecified atom stereocenters. The first kappa shape index (κ1) is 15.6. The van der Waals surface area contributed by atoms with Gasteiger partial charge in [-0.05, 0) is 19.1 Å². The molecule has 2 N–H and O–H groups in total. The average Bonchev–Trinajstić information content (AvgIpc) is 2.18. The lowest BCUT2D eigenvalue weighted by molar-refractivity contribution is 0.461. The van der Waals surface area contributed by atoms with Crippen molar-refractivity contribution >= 4 is 33.0 Å². The van der Waals surface area contributed by atoms with E-state index in [2.05, 4.69) is 5.32 Å². The Kier molecular flexibility index (Phi) is 5.28. The van der Waals surface area contributed by atoms with Crippen molar-refractivity contribution in [1.29, 1.82) is 0 Å². The van der Waals surface area contributed by atoms with E-state index in [1.54, 1.807) is 13.0 Å². The topological polar surface area (TPSA) is 66.4 Å². The SMILES string of the molecule is CC(CS(C)(=O)=O)NCc1cc(Cl)cc(Cl)c1O. The highest BCUT2D eigenvalue weighted by Gasteiger charge is 2.12. The van der Waals surface area contributed by atoms with E-state index in [0.717, 1.165) is 0 Å².